The topological polar surface area (TPSA) is 58.6 Å². The van der Waals surface area contributed by atoms with Crippen LogP contribution in [0.25, 0.3) is 0 Å². The molecule has 2 aromatic carbocycles. The van der Waals surface area contributed by atoms with E-state index in [1.54, 1.807) is 29.2 Å². The van der Waals surface area contributed by atoms with Crippen molar-refractivity contribution in [2.24, 2.45) is 11.3 Å². The fourth-order valence-electron chi connectivity index (χ4n) is 4.52. The molecular formula is C24H24ClF3N2O3. The summed E-state index contributed by atoms with van der Waals surface area (Å²) in [5, 5.41) is 3.11. The van der Waals surface area contributed by atoms with Crippen molar-refractivity contribution >= 4 is 23.4 Å². The van der Waals surface area contributed by atoms with E-state index in [4.69, 9.17) is 16.3 Å². The number of para-hydroxylation sites is 1. The molecule has 0 aromatic heterocycles. The minimum atomic E-state index is -4.46. The predicted octanol–water partition coefficient (Wildman–Crippen LogP) is 4.68. The van der Waals surface area contributed by atoms with E-state index >= 15 is 0 Å². The van der Waals surface area contributed by atoms with Gasteiger partial charge in [-0.25, -0.2) is 0 Å². The van der Waals surface area contributed by atoms with Crippen LogP contribution in [0.3, 0.4) is 0 Å². The smallest absolute Gasteiger partial charge is 0.416 e. The van der Waals surface area contributed by atoms with Gasteiger partial charge < -0.3 is 15.0 Å². The van der Waals surface area contributed by atoms with Crippen molar-refractivity contribution in [3.8, 4) is 5.75 Å². The first-order chi connectivity index (χ1) is 15.7. The van der Waals surface area contributed by atoms with Gasteiger partial charge in [0.1, 0.15) is 5.75 Å². The molecule has 0 radical (unpaired) electrons. The zero-order valence-electron chi connectivity index (χ0n) is 17.8. The van der Waals surface area contributed by atoms with Gasteiger partial charge in [-0.3, -0.25) is 9.59 Å². The molecule has 2 aliphatic rings. The summed E-state index contributed by atoms with van der Waals surface area (Å²) in [7, 11) is 0. The molecule has 1 aliphatic carbocycles. The van der Waals surface area contributed by atoms with Crippen molar-refractivity contribution in [3.05, 3.63) is 64.7 Å². The minimum absolute atomic E-state index is 0.0481. The summed E-state index contributed by atoms with van der Waals surface area (Å²) in [6.45, 7) is 0.765. The second kappa shape index (κ2) is 9.25. The number of benzene rings is 2. The van der Waals surface area contributed by atoms with E-state index in [-0.39, 0.29) is 41.9 Å². The lowest BCUT2D eigenvalue weighted by atomic mass is 9.90. The number of ether oxygens (including phenoxy) is 1. The van der Waals surface area contributed by atoms with Crippen molar-refractivity contribution < 1.29 is 27.5 Å². The van der Waals surface area contributed by atoms with Gasteiger partial charge in [-0.15, -0.1) is 0 Å². The molecule has 5 nitrogen and oxygen atoms in total. The number of nitrogens with zero attached hydrogens (tertiary/aromatic N) is 1. The highest BCUT2D eigenvalue weighted by Crippen LogP contribution is 2.59. The summed E-state index contributed by atoms with van der Waals surface area (Å²) in [6.07, 6.45) is -2.40. The average Bonchev–Trinajstić information content (AvgIpc) is 3.50. The number of hydrogen-bond donors (Lipinski definition) is 1. The third-order valence-corrected chi connectivity index (χ3v) is 6.89. The molecule has 2 fully saturated rings. The number of piperidine rings is 1. The number of nitrogens with one attached hydrogen (secondary N) is 1. The number of rotatable bonds is 6. The Morgan fingerprint density at radius 2 is 1.76 bits per heavy atom. The van der Waals surface area contributed by atoms with Crippen molar-refractivity contribution in [2.45, 2.75) is 32.0 Å². The largest absolute Gasteiger partial charge is 0.482 e. The van der Waals surface area contributed by atoms with Crippen molar-refractivity contribution in [1.29, 1.82) is 0 Å². The van der Waals surface area contributed by atoms with E-state index in [2.05, 4.69) is 5.32 Å². The highest BCUT2D eigenvalue weighted by Gasteiger charge is 2.58. The Morgan fingerprint density at radius 3 is 2.45 bits per heavy atom. The number of carbonyl (C=O) groups is 2. The van der Waals surface area contributed by atoms with Gasteiger partial charge in [0.2, 0.25) is 5.91 Å². The molecule has 0 bridgehead atoms. The molecule has 2 aromatic rings. The lowest BCUT2D eigenvalue weighted by Crippen LogP contribution is -2.42. The van der Waals surface area contributed by atoms with Gasteiger partial charge in [-0.2, -0.15) is 13.2 Å². The van der Waals surface area contributed by atoms with Gasteiger partial charge in [0.15, 0.2) is 6.61 Å². The molecule has 4 rings (SSSR count). The van der Waals surface area contributed by atoms with Gasteiger partial charge in [0, 0.05) is 25.6 Å². The Balaban J connectivity index is 1.25. The summed E-state index contributed by atoms with van der Waals surface area (Å²) in [6, 6.07) is 12.2. The zero-order chi connectivity index (χ0) is 23.6. The Labute approximate surface area is 194 Å². The molecular weight excluding hydrogens is 457 g/mol. The quantitative estimate of drug-likeness (QED) is 0.653. The molecule has 1 heterocycles. The maximum absolute atomic E-state index is 13.1. The maximum Gasteiger partial charge on any atom is 0.416 e. The maximum atomic E-state index is 13.1. The van der Waals surface area contributed by atoms with Crippen LogP contribution in [0.4, 0.5) is 13.2 Å². The Bertz CT molecular complexity index is 1040. The van der Waals surface area contributed by atoms with Crippen LogP contribution in [0.2, 0.25) is 5.02 Å². The van der Waals surface area contributed by atoms with Crippen LogP contribution in [-0.4, -0.2) is 36.4 Å². The predicted molar refractivity (Wildman–Crippen MR) is 117 cm³/mol. The second-order valence-corrected chi connectivity index (χ2v) is 9.00. The summed E-state index contributed by atoms with van der Waals surface area (Å²) in [5.41, 5.74) is -0.859. The monoisotopic (exact) mass is 480 g/mol. The van der Waals surface area contributed by atoms with Crippen molar-refractivity contribution in [1.82, 2.24) is 10.2 Å². The lowest BCUT2D eigenvalue weighted by Gasteiger charge is -2.32. The van der Waals surface area contributed by atoms with Crippen LogP contribution in [0.1, 0.15) is 30.4 Å². The highest BCUT2D eigenvalue weighted by atomic mass is 35.5. The number of likely N-dealkylation sites (tertiary alicyclic amines) is 1. The molecule has 1 saturated carbocycles. The Morgan fingerprint density at radius 1 is 1.09 bits per heavy atom. The molecule has 33 heavy (non-hydrogen) atoms. The van der Waals surface area contributed by atoms with E-state index < -0.39 is 11.7 Å². The number of alkyl halides is 3. The van der Waals surface area contributed by atoms with Crippen molar-refractivity contribution in [3.63, 3.8) is 0 Å². The summed E-state index contributed by atoms with van der Waals surface area (Å²) >= 11 is 6.04. The standard InChI is InChI=1S/C24H24ClF3N2O3/c25-19-7-3-4-8-20(19)33-15-21(31)30-11-9-23(10-12-30)13-18(23)22(32)29-14-16-5-1-2-6-17(16)24(26,27)28/h1-8,18H,9-15H2,(H,29,32). The SMILES string of the molecule is O=C(NCc1ccccc1C(F)(F)F)C1CC12CCN(C(=O)COc1ccccc1Cl)CC2. The van der Waals surface area contributed by atoms with E-state index in [0.717, 1.165) is 6.07 Å². The molecule has 1 spiro atoms. The minimum Gasteiger partial charge on any atom is -0.482 e. The highest BCUT2D eigenvalue weighted by molar-refractivity contribution is 6.32. The lowest BCUT2D eigenvalue weighted by molar-refractivity contribution is -0.138. The van der Waals surface area contributed by atoms with Crippen molar-refractivity contribution in [2.75, 3.05) is 19.7 Å². The summed E-state index contributed by atoms with van der Waals surface area (Å²) < 4.78 is 44.9. The number of halogens is 4. The Hall–Kier alpha value is -2.74. The van der Waals surface area contributed by atoms with Crippen LogP contribution in [0.5, 0.6) is 5.75 Å². The van der Waals surface area contributed by atoms with E-state index in [9.17, 15) is 22.8 Å². The Kier molecular flexibility index (Phi) is 6.56. The molecule has 9 heteroatoms. The first-order valence-corrected chi connectivity index (χ1v) is 11.2. The number of carbonyl (C=O) groups excluding carboxylic acids is 2. The first kappa shape index (κ1) is 23.4. The zero-order valence-corrected chi connectivity index (χ0v) is 18.6. The number of hydrogen-bond acceptors (Lipinski definition) is 3. The summed E-state index contributed by atoms with van der Waals surface area (Å²) in [5.74, 6) is -0.150. The normalized spacial score (nSPS) is 19.3. The van der Waals surface area contributed by atoms with Crippen LogP contribution in [0.15, 0.2) is 48.5 Å². The number of amides is 2. The molecule has 1 N–H and O–H groups in total. The first-order valence-electron chi connectivity index (χ1n) is 10.8. The fraction of sp³-hybridized carbons (Fsp3) is 0.417. The van der Waals surface area contributed by atoms with Crippen LogP contribution < -0.4 is 10.1 Å². The third kappa shape index (κ3) is 5.27. The molecule has 1 saturated heterocycles. The molecule has 1 aliphatic heterocycles. The van der Waals surface area contributed by atoms with Gasteiger partial charge in [-0.1, -0.05) is 41.9 Å². The average molecular weight is 481 g/mol. The van der Waals surface area contributed by atoms with Gasteiger partial charge in [0.05, 0.1) is 10.6 Å². The van der Waals surface area contributed by atoms with Gasteiger partial charge in [-0.05, 0) is 48.4 Å². The summed E-state index contributed by atoms with van der Waals surface area (Å²) in [4.78, 5) is 26.8. The van der Waals surface area contributed by atoms with Crippen LogP contribution >= 0.6 is 11.6 Å². The van der Waals surface area contributed by atoms with Gasteiger partial charge >= 0.3 is 6.18 Å². The fourth-order valence-corrected chi connectivity index (χ4v) is 4.71. The van der Waals surface area contributed by atoms with Gasteiger partial charge in [0.25, 0.3) is 5.91 Å². The molecule has 176 valence electrons. The van der Waals surface area contributed by atoms with Crippen LogP contribution in [0, 0.1) is 11.3 Å². The molecule has 1 unspecified atom stereocenters. The van der Waals surface area contributed by atoms with Crippen LogP contribution in [-0.2, 0) is 22.3 Å². The third-order valence-electron chi connectivity index (χ3n) is 6.58. The second-order valence-electron chi connectivity index (χ2n) is 8.59. The van der Waals surface area contributed by atoms with E-state index in [1.807, 2.05) is 0 Å². The van der Waals surface area contributed by atoms with E-state index in [1.165, 1.54) is 18.2 Å². The molecule has 2 amide bonds. The molecule has 1 atom stereocenters. The van der Waals surface area contributed by atoms with E-state index in [0.29, 0.717) is 43.1 Å².